The third-order valence-electron chi connectivity index (χ3n) is 3.25. The Kier molecular flexibility index (Phi) is 5.72. The minimum Gasteiger partial charge on any atom is -0.328 e. The van der Waals surface area contributed by atoms with Gasteiger partial charge in [-0.3, -0.25) is 0 Å². The van der Waals surface area contributed by atoms with Gasteiger partial charge in [0.2, 0.25) is 10.0 Å². The molecular formula is C11H24N2O2S. The Hall–Kier alpha value is -0.130. The fraction of sp³-hybridized carbons (Fsp3) is 1.00. The third-order valence-corrected chi connectivity index (χ3v) is 4.68. The Morgan fingerprint density at radius 3 is 2.44 bits per heavy atom. The van der Waals surface area contributed by atoms with Crippen LogP contribution >= 0.6 is 0 Å². The van der Waals surface area contributed by atoms with E-state index >= 15 is 0 Å². The van der Waals surface area contributed by atoms with Crippen molar-refractivity contribution in [2.75, 3.05) is 12.3 Å². The van der Waals surface area contributed by atoms with Crippen molar-refractivity contribution >= 4 is 10.0 Å². The Morgan fingerprint density at radius 2 is 1.88 bits per heavy atom. The van der Waals surface area contributed by atoms with E-state index in [1.807, 2.05) is 6.92 Å². The summed E-state index contributed by atoms with van der Waals surface area (Å²) in [6, 6.07) is 0.327. The summed E-state index contributed by atoms with van der Waals surface area (Å²) >= 11 is 0. The Balaban J connectivity index is 2.23. The van der Waals surface area contributed by atoms with Crippen molar-refractivity contribution in [3.05, 3.63) is 0 Å². The molecule has 3 N–H and O–H groups in total. The third kappa shape index (κ3) is 5.27. The molecule has 1 aliphatic carbocycles. The van der Waals surface area contributed by atoms with Crippen LogP contribution in [0, 0.1) is 5.92 Å². The maximum atomic E-state index is 11.6. The van der Waals surface area contributed by atoms with Crippen LogP contribution in [0.4, 0.5) is 0 Å². The molecule has 1 fully saturated rings. The van der Waals surface area contributed by atoms with Crippen LogP contribution in [0.3, 0.4) is 0 Å². The van der Waals surface area contributed by atoms with Gasteiger partial charge in [-0.05, 0) is 38.0 Å². The molecule has 0 amide bonds. The van der Waals surface area contributed by atoms with Gasteiger partial charge in [0.25, 0.3) is 0 Å². The summed E-state index contributed by atoms with van der Waals surface area (Å²) in [6.45, 7) is 2.59. The number of hydrogen-bond acceptors (Lipinski definition) is 3. The van der Waals surface area contributed by atoms with Gasteiger partial charge in [-0.25, -0.2) is 13.1 Å². The van der Waals surface area contributed by atoms with Crippen molar-refractivity contribution in [3.8, 4) is 0 Å². The number of hydrogen-bond donors (Lipinski definition) is 2. The predicted molar refractivity (Wildman–Crippen MR) is 66.6 cm³/mol. The average molecular weight is 248 g/mol. The van der Waals surface area contributed by atoms with Gasteiger partial charge in [0.1, 0.15) is 0 Å². The second-order valence-corrected chi connectivity index (χ2v) is 6.73. The fourth-order valence-corrected chi connectivity index (χ4v) is 3.35. The molecular weight excluding hydrogens is 224 g/mol. The quantitative estimate of drug-likeness (QED) is 0.742. The molecule has 1 saturated carbocycles. The molecule has 5 heteroatoms. The molecule has 0 saturated heterocycles. The van der Waals surface area contributed by atoms with Crippen molar-refractivity contribution in [1.29, 1.82) is 0 Å². The topological polar surface area (TPSA) is 72.2 Å². The maximum absolute atomic E-state index is 11.6. The van der Waals surface area contributed by atoms with Crippen molar-refractivity contribution in [2.24, 2.45) is 11.7 Å². The first kappa shape index (κ1) is 13.9. The molecule has 0 spiro atoms. The summed E-state index contributed by atoms with van der Waals surface area (Å²) in [5.74, 6) is 0.742. The van der Waals surface area contributed by atoms with Crippen LogP contribution in [-0.2, 0) is 10.0 Å². The normalized spacial score (nSPS) is 26.9. The highest BCUT2D eigenvalue weighted by molar-refractivity contribution is 7.89. The lowest BCUT2D eigenvalue weighted by Crippen LogP contribution is -2.35. The largest absolute Gasteiger partial charge is 0.328 e. The summed E-state index contributed by atoms with van der Waals surface area (Å²) in [6.07, 6.45) is 5.82. The molecule has 0 heterocycles. The highest BCUT2D eigenvalue weighted by atomic mass is 32.2. The van der Waals surface area contributed by atoms with Gasteiger partial charge in [0, 0.05) is 12.6 Å². The molecule has 0 aromatic rings. The molecule has 0 aromatic carbocycles. The number of nitrogens with one attached hydrogen (secondary N) is 1. The number of nitrogens with two attached hydrogens (primary N) is 1. The number of rotatable bonds is 6. The van der Waals surface area contributed by atoms with Gasteiger partial charge < -0.3 is 5.73 Å². The molecule has 0 aliphatic heterocycles. The smallest absolute Gasteiger partial charge is 0.211 e. The minimum atomic E-state index is -3.04. The molecule has 4 nitrogen and oxygen atoms in total. The number of sulfonamides is 1. The van der Waals surface area contributed by atoms with E-state index in [0.717, 1.165) is 38.5 Å². The predicted octanol–water partition coefficient (Wildman–Crippen LogP) is 1.22. The lowest BCUT2D eigenvalue weighted by Gasteiger charge is -2.26. The highest BCUT2D eigenvalue weighted by Crippen LogP contribution is 2.22. The molecule has 1 rings (SSSR count). The second kappa shape index (κ2) is 6.57. The monoisotopic (exact) mass is 248 g/mol. The van der Waals surface area contributed by atoms with Crippen molar-refractivity contribution in [2.45, 2.75) is 51.5 Å². The Labute approximate surface area is 99.0 Å². The molecule has 0 unspecified atom stereocenters. The van der Waals surface area contributed by atoms with E-state index in [9.17, 15) is 8.42 Å². The van der Waals surface area contributed by atoms with Crippen molar-refractivity contribution < 1.29 is 8.42 Å². The van der Waals surface area contributed by atoms with Crippen LogP contribution in [0.25, 0.3) is 0 Å². The Morgan fingerprint density at radius 1 is 1.25 bits per heavy atom. The van der Waals surface area contributed by atoms with Crippen LogP contribution in [0.2, 0.25) is 0 Å². The first-order valence-corrected chi connectivity index (χ1v) is 7.91. The molecule has 0 bridgehead atoms. The van der Waals surface area contributed by atoms with Gasteiger partial charge in [0.05, 0.1) is 5.75 Å². The molecule has 96 valence electrons. The zero-order valence-electron chi connectivity index (χ0n) is 10.1. The second-order valence-electron chi connectivity index (χ2n) is 4.80. The molecule has 16 heavy (non-hydrogen) atoms. The first-order valence-electron chi connectivity index (χ1n) is 6.26. The first-order chi connectivity index (χ1) is 7.53. The summed E-state index contributed by atoms with van der Waals surface area (Å²) in [7, 11) is -3.04. The lowest BCUT2D eigenvalue weighted by atomic mass is 9.87. The molecule has 0 atom stereocenters. The summed E-state index contributed by atoms with van der Waals surface area (Å²) in [4.78, 5) is 0. The number of unbranched alkanes of at least 4 members (excludes halogenated alkanes) is 1. The zero-order chi connectivity index (χ0) is 12.0. The van der Waals surface area contributed by atoms with Gasteiger partial charge in [-0.1, -0.05) is 13.3 Å². The molecule has 1 aliphatic rings. The molecule has 0 aromatic heterocycles. The van der Waals surface area contributed by atoms with Crippen molar-refractivity contribution in [3.63, 3.8) is 0 Å². The summed E-state index contributed by atoms with van der Waals surface area (Å²) in [5, 5.41) is 0. The molecule has 0 radical (unpaired) electrons. The minimum absolute atomic E-state index is 0.260. The summed E-state index contributed by atoms with van der Waals surface area (Å²) < 4.78 is 25.8. The van der Waals surface area contributed by atoms with Crippen LogP contribution in [0.15, 0.2) is 0 Å². The van der Waals surface area contributed by atoms with Gasteiger partial charge in [0.15, 0.2) is 0 Å². The summed E-state index contributed by atoms with van der Waals surface area (Å²) in [5.41, 5.74) is 5.81. The highest BCUT2D eigenvalue weighted by Gasteiger charge is 2.20. The van der Waals surface area contributed by atoms with E-state index in [0.29, 0.717) is 18.5 Å². The van der Waals surface area contributed by atoms with Crippen LogP contribution in [0.5, 0.6) is 0 Å². The van der Waals surface area contributed by atoms with Crippen LogP contribution in [0.1, 0.15) is 45.4 Å². The van der Waals surface area contributed by atoms with Gasteiger partial charge >= 0.3 is 0 Å². The maximum Gasteiger partial charge on any atom is 0.211 e. The van der Waals surface area contributed by atoms with Gasteiger partial charge in [-0.2, -0.15) is 0 Å². The van der Waals surface area contributed by atoms with E-state index < -0.39 is 10.0 Å². The SMILES string of the molecule is CCCCS(=O)(=O)NCC1CCC(N)CC1. The van der Waals surface area contributed by atoms with Crippen LogP contribution in [-0.4, -0.2) is 26.8 Å². The van der Waals surface area contributed by atoms with Crippen LogP contribution < -0.4 is 10.5 Å². The van der Waals surface area contributed by atoms with E-state index in [2.05, 4.69) is 4.72 Å². The zero-order valence-corrected chi connectivity index (χ0v) is 10.9. The van der Waals surface area contributed by atoms with E-state index in [1.165, 1.54) is 0 Å². The average Bonchev–Trinajstić information content (AvgIpc) is 2.26. The van der Waals surface area contributed by atoms with E-state index in [4.69, 9.17) is 5.73 Å². The Bertz CT molecular complexity index is 282. The fourth-order valence-electron chi connectivity index (χ4n) is 2.04. The standard InChI is InChI=1S/C11H24N2O2S/c1-2-3-8-16(14,15)13-9-10-4-6-11(12)7-5-10/h10-11,13H,2-9,12H2,1H3. The lowest BCUT2D eigenvalue weighted by molar-refractivity contribution is 0.326. The van der Waals surface area contributed by atoms with E-state index in [1.54, 1.807) is 0 Å². The van der Waals surface area contributed by atoms with Gasteiger partial charge in [-0.15, -0.1) is 0 Å². The van der Waals surface area contributed by atoms with E-state index in [-0.39, 0.29) is 5.75 Å². The van der Waals surface area contributed by atoms with Crippen molar-refractivity contribution in [1.82, 2.24) is 4.72 Å².